The summed E-state index contributed by atoms with van der Waals surface area (Å²) in [6.45, 7) is 3.61. The first-order chi connectivity index (χ1) is 17.3. The molecule has 0 unspecified atom stereocenters. The average Bonchev–Trinajstić information content (AvgIpc) is 2.87. The van der Waals surface area contributed by atoms with Crippen LogP contribution in [0.15, 0.2) is 77.6 Å². The molecule has 0 fully saturated rings. The van der Waals surface area contributed by atoms with Crippen LogP contribution in [0, 0.1) is 13.8 Å². The molecule has 0 saturated carbocycles. The highest BCUT2D eigenvalue weighted by Gasteiger charge is 2.18. The Hall–Kier alpha value is -4.79. The highest BCUT2D eigenvalue weighted by atomic mass is 16.2. The Kier molecular flexibility index (Phi) is 7.20. The normalized spacial score (nSPS) is 10.6. The third kappa shape index (κ3) is 5.64. The zero-order valence-electron chi connectivity index (χ0n) is 19.9. The van der Waals surface area contributed by atoms with E-state index in [9.17, 15) is 19.2 Å². The predicted octanol–water partition coefficient (Wildman–Crippen LogP) is 2.25. The summed E-state index contributed by atoms with van der Waals surface area (Å²) >= 11 is 0. The van der Waals surface area contributed by atoms with Gasteiger partial charge in [0.25, 0.3) is 23.3 Å². The molecule has 0 aliphatic carbocycles. The van der Waals surface area contributed by atoms with E-state index in [0.717, 1.165) is 16.7 Å². The Balaban J connectivity index is 1.45. The van der Waals surface area contributed by atoms with Gasteiger partial charge in [-0.1, -0.05) is 65.7 Å². The fraction of sp³-hybridized carbons (Fsp3) is 0.148. The molecule has 3 N–H and O–H groups in total. The summed E-state index contributed by atoms with van der Waals surface area (Å²) in [4.78, 5) is 50.5. The van der Waals surface area contributed by atoms with Crippen LogP contribution in [0.25, 0.3) is 10.8 Å². The third-order valence-electron chi connectivity index (χ3n) is 5.47. The summed E-state index contributed by atoms with van der Waals surface area (Å²) in [6.07, 6.45) is 0. The standard InChI is InChI=1S/C27H25N5O4/c1-17-12-18(2)14-20(13-17)25(34)28-15-23(33)29-30-26(35)24-21-10-6-7-11-22(21)27(36)32(31-24)16-19-8-4-3-5-9-19/h3-14H,15-16H2,1-2H3,(H,28,34)(H,29,33)(H,30,35). The number of aryl methyl sites for hydroxylation is 2. The molecule has 3 aromatic carbocycles. The largest absolute Gasteiger partial charge is 0.343 e. The van der Waals surface area contributed by atoms with Gasteiger partial charge in [-0.05, 0) is 37.6 Å². The number of hydrogen-bond acceptors (Lipinski definition) is 5. The van der Waals surface area contributed by atoms with Crippen LogP contribution in [-0.2, 0) is 11.3 Å². The summed E-state index contributed by atoms with van der Waals surface area (Å²) in [5, 5.41) is 7.50. The first-order valence-electron chi connectivity index (χ1n) is 11.3. The molecule has 3 amide bonds. The van der Waals surface area contributed by atoms with Crippen LogP contribution in [0.4, 0.5) is 0 Å². The molecule has 0 bridgehead atoms. The second-order valence-electron chi connectivity index (χ2n) is 8.40. The molecule has 0 saturated heterocycles. The Morgan fingerprint density at radius 3 is 2.14 bits per heavy atom. The van der Waals surface area contributed by atoms with Gasteiger partial charge in [0, 0.05) is 10.9 Å². The maximum Gasteiger partial charge on any atom is 0.290 e. The van der Waals surface area contributed by atoms with Crippen molar-refractivity contribution in [1.82, 2.24) is 25.9 Å². The van der Waals surface area contributed by atoms with E-state index in [2.05, 4.69) is 21.3 Å². The van der Waals surface area contributed by atoms with Crippen LogP contribution < -0.4 is 21.7 Å². The molecule has 9 heteroatoms. The quantitative estimate of drug-likeness (QED) is 0.363. The summed E-state index contributed by atoms with van der Waals surface area (Å²) in [5.74, 6) is -1.71. The lowest BCUT2D eigenvalue weighted by molar-refractivity contribution is -0.120. The van der Waals surface area contributed by atoms with Crippen LogP contribution in [0.1, 0.15) is 37.5 Å². The van der Waals surface area contributed by atoms with Crippen molar-refractivity contribution in [3.8, 4) is 0 Å². The molecular weight excluding hydrogens is 458 g/mol. The molecule has 9 nitrogen and oxygen atoms in total. The molecule has 0 aliphatic rings. The van der Waals surface area contributed by atoms with Crippen LogP contribution in [0.5, 0.6) is 0 Å². The van der Waals surface area contributed by atoms with Crippen molar-refractivity contribution in [2.45, 2.75) is 20.4 Å². The molecule has 36 heavy (non-hydrogen) atoms. The fourth-order valence-corrected chi connectivity index (χ4v) is 3.86. The van der Waals surface area contributed by atoms with Gasteiger partial charge in [-0.25, -0.2) is 4.68 Å². The Morgan fingerprint density at radius 2 is 1.44 bits per heavy atom. The smallest absolute Gasteiger partial charge is 0.290 e. The van der Waals surface area contributed by atoms with E-state index in [1.54, 1.807) is 36.4 Å². The zero-order chi connectivity index (χ0) is 25.7. The molecule has 0 radical (unpaired) electrons. The minimum absolute atomic E-state index is 0.0132. The van der Waals surface area contributed by atoms with E-state index in [-0.39, 0.29) is 24.3 Å². The van der Waals surface area contributed by atoms with Crippen LogP contribution in [-0.4, -0.2) is 34.0 Å². The van der Waals surface area contributed by atoms with Gasteiger partial charge in [0.1, 0.15) is 0 Å². The summed E-state index contributed by atoms with van der Waals surface area (Å²) in [5.41, 5.74) is 7.42. The van der Waals surface area contributed by atoms with Gasteiger partial charge < -0.3 is 5.32 Å². The molecule has 182 valence electrons. The first kappa shape index (κ1) is 24.3. The highest BCUT2D eigenvalue weighted by Crippen LogP contribution is 2.14. The highest BCUT2D eigenvalue weighted by molar-refractivity contribution is 6.05. The third-order valence-corrected chi connectivity index (χ3v) is 5.47. The summed E-state index contributed by atoms with van der Waals surface area (Å²) in [6, 6.07) is 21.3. The lowest BCUT2D eigenvalue weighted by atomic mass is 10.1. The van der Waals surface area contributed by atoms with Crippen molar-refractivity contribution < 1.29 is 14.4 Å². The van der Waals surface area contributed by atoms with E-state index in [1.807, 2.05) is 50.2 Å². The summed E-state index contributed by atoms with van der Waals surface area (Å²) in [7, 11) is 0. The van der Waals surface area contributed by atoms with Gasteiger partial charge in [0.15, 0.2) is 5.69 Å². The molecule has 4 aromatic rings. The van der Waals surface area contributed by atoms with Crippen molar-refractivity contribution in [3.63, 3.8) is 0 Å². The van der Waals surface area contributed by atoms with Gasteiger partial charge in [0.2, 0.25) is 0 Å². The lowest BCUT2D eigenvalue weighted by Gasteiger charge is -2.12. The second kappa shape index (κ2) is 10.6. The number of carbonyl (C=O) groups excluding carboxylic acids is 3. The number of nitrogens with one attached hydrogen (secondary N) is 3. The number of nitrogens with zero attached hydrogens (tertiary/aromatic N) is 2. The molecular formula is C27H25N5O4. The van der Waals surface area contributed by atoms with E-state index >= 15 is 0 Å². The van der Waals surface area contributed by atoms with E-state index in [1.165, 1.54) is 4.68 Å². The number of benzene rings is 3. The number of aromatic nitrogens is 2. The van der Waals surface area contributed by atoms with E-state index in [0.29, 0.717) is 16.3 Å². The maximum absolute atomic E-state index is 12.9. The topological polar surface area (TPSA) is 122 Å². The molecule has 0 aliphatic heterocycles. The van der Waals surface area contributed by atoms with Crippen molar-refractivity contribution in [3.05, 3.63) is 111 Å². The minimum atomic E-state index is -0.693. The van der Waals surface area contributed by atoms with Gasteiger partial charge in [0.05, 0.1) is 18.5 Å². The van der Waals surface area contributed by atoms with Crippen LogP contribution in [0.2, 0.25) is 0 Å². The number of carbonyl (C=O) groups is 3. The van der Waals surface area contributed by atoms with Gasteiger partial charge in [-0.2, -0.15) is 5.10 Å². The molecule has 0 atom stereocenters. The fourth-order valence-electron chi connectivity index (χ4n) is 3.86. The van der Waals surface area contributed by atoms with Crippen molar-refractivity contribution in [2.75, 3.05) is 6.54 Å². The molecule has 4 rings (SSSR count). The average molecular weight is 484 g/mol. The Morgan fingerprint density at radius 1 is 0.806 bits per heavy atom. The molecule has 0 spiro atoms. The second-order valence-corrected chi connectivity index (χ2v) is 8.40. The van der Waals surface area contributed by atoms with E-state index in [4.69, 9.17) is 0 Å². The van der Waals surface area contributed by atoms with Gasteiger partial charge in [-0.3, -0.25) is 30.0 Å². The lowest BCUT2D eigenvalue weighted by Crippen LogP contribution is -2.47. The monoisotopic (exact) mass is 483 g/mol. The van der Waals surface area contributed by atoms with Gasteiger partial charge >= 0.3 is 0 Å². The number of amides is 3. The van der Waals surface area contributed by atoms with Crippen LogP contribution >= 0.6 is 0 Å². The Labute approximate surface area is 207 Å². The predicted molar refractivity (Wildman–Crippen MR) is 135 cm³/mol. The van der Waals surface area contributed by atoms with Crippen LogP contribution in [0.3, 0.4) is 0 Å². The van der Waals surface area contributed by atoms with Crippen molar-refractivity contribution in [1.29, 1.82) is 0 Å². The number of hydrazine groups is 1. The molecule has 1 heterocycles. The Bertz CT molecular complexity index is 1490. The van der Waals surface area contributed by atoms with Crippen molar-refractivity contribution in [2.24, 2.45) is 0 Å². The maximum atomic E-state index is 12.9. The summed E-state index contributed by atoms with van der Waals surface area (Å²) < 4.78 is 1.22. The number of hydrogen-bond donors (Lipinski definition) is 3. The van der Waals surface area contributed by atoms with E-state index < -0.39 is 17.7 Å². The van der Waals surface area contributed by atoms with Crippen molar-refractivity contribution >= 4 is 28.5 Å². The first-order valence-corrected chi connectivity index (χ1v) is 11.3. The minimum Gasteiger partial charge on any atom is -0.343 e. The number of rotatable bonds is 6. The number of fused-ring (bicyclic) bond motifs is 1. The molecule has 1 aromatic heterocycles. The van der Waals surface area contributed by atoms with Gasteiger partial charge in [-0.15, -0.1) is 0 Å². The SMILES string of the molecule is Cc1cc(C)cc(C(=O)NCC(=O)NNC(=O)c2nn(Cc3ccccc3)c(=O)c3ccccc23)c1. The zero-order valence-corrected chi connectivity index (χ0v) is 19.9.